The van der Waals surface area contributed by atoms with Gasteiger partial charge < -0.3 is 15.7 Å². The topological polar surface area (TPSA) is 61.4 Å². The third-order valence-corrected chi connectivity index (χ3v) is 3.62. The van der Waals surface area contributed by atoms with Crippen LogP contribution in [-0.4, -0.2) is 27.9 Å². The molecule has 1 aromatic carbocycles. The van der Waals surface area contributed by atoms with Crippen molar-refractivity contribution < 1.29 is 23.1 Å². The molecule has 0 bridgehead atoms. The Morgan fingerprint density at radius 3 is 2.38 bits per heavy atom. The maximum absolute atomic E-state index is 13.2. The van der Waals surface area contributed by atoms with Gasteiger partial charge in [-0.05, 0) is 24.7 Å². The summed E-state index contributed by atoms with van der Waals surface area (Å²) in [5, 5.41) is 14.1. The molecule has 4 nitrogen and oxygen atoms in total. The molecule has 1 saturated heterocycles. The highest BCUT2D eigenvalue weighted by Crippen LogP contribution is 2.42. The zero-order chi connectivity index (χ0) is 15.8. The molecule has 0 saturated carbocycles. The van der Waals surface area contributed by atoms with E-state index in [1.54, 1.807) is 35.6 Å². The summed E-state index contributed by atoms with van der Waals surface area (Å²) < 4.78 is 39.7. The van der Waals surface area contributed by atoms with Gasteiger partial charge in [-0.25, -0.2) is 0 Å². The van der Waals surface area contributed by atoms with Crippen LogP contribution in [0.1, 0.15) is 18.5 Å². The summed E-state index contributed by atoms with van der Waals surface area (Å²) in [5.74, 6) is -2.56. The maximum Gasteiger partial charge on any atom is 0.437 e. The van der Waals surface area contributed by atoms with Crippen molar-refractivity contribution in [2.24, 2.45) is 5.92 Å². The van der Waals surface area contributed by atoms with E-state index in [0.717, 1.165) is 6.92 Å². The largest absolute Gasteiger partial charge is 0.437 e. The van der Waals surface area contributed by atoms with Crippen molar-refractivity contribution in [2.75, 3.05) is 0 Å². The Balaban J connectivity index is 2.54. The number of rotatable bonds is 2. The Kier molecular flexibility index (Phi) is 3.94. The molecular weight excluding hydrogens is 305 g/mol. The average molecular weight is 318 g/mol. The molecule has 1 fully saturated rings. The molecule has 0 aliphatic carbocycles. The van der Waals surface area contributed by atoms with Gasteiger partial charge in [-0.3, -0.25) is 4.79 Å². The van der Waals surface area contributed by atoms with E-state index in [1.807, 2.05) is 0 Å². The summed E-state index contributed by atoms with van der Waals surface area (Å²) in [6.45, 7) is 1.01. The van der Waals surface area contributed by atoms with Gasteiger partial charge >= 0.3 is 6.18 Å². The van der Waals surface area contributed by atoms with Crippen molar-refractivity contribution in [3.8, 4) is 0 Å². The number of halogens is 3. The van der Waals surface area contributed by atoms with Gasteiger partial charge in [0.2, 0.25) is 5.72 Å². The van der Waals surface area contributed by atoms with Gasteiger partial charge in [0.05, 0.1) is 12.0 Å². The van der Waals surface area contributed by atoms with Crippen LogP contribution in [0.2, 0.25) is 0 Å². The van der Waals surface area contributed by atoms with Crippen molar-refractivity contribution in [2.45, 2.75) is 24.9 Å². The van der Waals surface area contributed by atoms with Crippen molar-refractivity contribution >= 4 is 23.1 Å². The van der Waals surface area contributed by atoms with Crippen LogP contribution < -0.4 is 10.6 Å². The summed E-state index contributed by atoms with van der Waals surface area (Å²) in [6, 6.07) is 7.03. The second-order valence-electron chi connectivity index (χ2n) is 4.84. The van der Waals surface area contributed by atoms with Gasteiger partial charge in [0.25, 0.3) is 0 Å². The minimum atomic E-state index is -5.05. The van der Waals surface area contributed by atoms with E-state index >= 15 is 0 Å². The molecular formula is C13H13F3N2O2S. The quantitative estimate of drug-likeness (QED) is 0.724. The molecule has 2 rings (SSSR count). The monoisotopic (exact) mass is 318 g/mol. The normalized spacial score (nSPS) is 29.5. The Morgan fingerprint density at radius 2 is 1.90 bits per heavy atom. The predicted octanol–water partition coefficient (Wildman–Crippen LogP) is 1.66. The molecule has 1 heterocycles. The van der Waals surface area contributed by atoms with Gasteiger partial charge in [-0.15, -0.1) is 0 Å². The summed E-state index contributed by atoms with van der Waals surface area (Å²) in [6.07, 6.45) is -5.05. The molecule has 3 atom stereocenters. The number of ketones is 1. The van der Waals surface area contributed by atoms with Gasteiger partial charge in [0, 0.05) is 0 Å². The second kappa shape index (κ2) is 5.27. The number of Topliss-reactive ketones (excluding diaryl/α,β-unsaturated/α-hetero) is 1. The van der Waals surface area contributed by atoms with Crippen LogP contribution in [0.25, 0.3) is 0 Å². The summed E-state index contributed by atoms with van der Waals surface area (Å²) in [4.78, 5) is 11.8. The lowest BCUT2D eigenvalue weighted by Crippen LogP contribution is -2.72. The predicted molar refractivity (Wildman–Crippen MR) is 73.2 cm³/mol. The van der Waals surface area contributed by atoms with Crippen LogP contribution in [0.3, 0.4) is 0 Å². The fourth-order valence-electron chi connectivity index (χ4n) is 2.46. The number of hydrogen-bond acceptors (Lipinski definition) is 3. The molecule has 0 radical (unpaired) electrons. The van der Waals surface area contributed by atoms with E-state index < -0.39 is 29.6 Å². The second-order valence-corrected chi connectivity index (χ2v) is 5.25. The molecule has 21 heavy (non-hydrogen) atoms. The first-order chi connectivity index (χ1) is 9.67. The minimum absolute atomic E-state index is 0.360. The zero-order valence-electron chi connectivity index (χ0n) is 10.9. The minimum Gasteiger partial charge on any atom is -0.363 e. The van der Waals surface area contributed by atoms with Gasteiger partial charge in [-0.1, -0.05) is 30.3 Å². The molecule has 3 N–H and O–H groups in total. The lowest BCUT2D eigenvalue weighted by Gasteiger charge is -2.46. The van der Waals surface area contributed by atoms with Crippen LogP contribution in [0.5, 0.6) is 0 Å². The van der Waals surface area contributed by atoms with Crippen molar-refractivity contribution in [1.82, 2.24) is 10.6 Å². The third-order valence-electron chi connectivity index (χ3n) is 3.40. The van der Waals surface area contributed by atoms with Crippen LogP contribution in [0.4, 0.5) is 13.2 Å². The zero-order valence-corrected chi connectivity index (χ0v) is 11.8. The highest BCUT2D eigenvalue weighted by atomic mass is 32.1. The Bertz CT molecular complexity index is 564. The number of alkyl halides is 3. The Hall–Kier alpha value is -1.67. The fraction of sp³-hybridized carbons (Fsp3) is 0.385. The van der Waals surface area contributed by atoms with Crippen LogP contribution in [0, 0.1) is 5.92 Å². The first-order valence-corrected chi connectivity index (χ1v) is 6.51. The standard InChI is InChI=1S/C13H13F3N2O2S/c1-7(19)9-10(8-5-3-2-4-6-8)17-11(21)18-12(9,20)13(14,15)16/h2-6,9-10,20H,1H3,(H2,17,18,21)/t9-,10+,12-/m1/s1. The summed E-state index contributed by atoms with van der Waals surface area (Å²) in [7, 11) is 0. The van der Waals surface area contributed by atoms with E-state index in [0.29, 0.717) is 5.56 Å². The number of thiocarbonyl (C=S) groups is 1. The van der Waals surface area contributed by atoms with E-state index in [1.165, 1.54) is 0 Å². The van der Waals surface area contributed by atoms with Crippen LogP contribution in [0.15, 0.2) is 30.3 Å². The fourth-order valence-corrected chi connectivity index (χ4v) is 2.75. The van der Waals surface area contributed by atoms with E-state index in [-0.39, 0.29) is 5.11 Å². The lowest BCUT2D eigenvalue weighted by molar-refractivity contribution is -0.288. The van der Waals surface area contributed by atoms with Crippen molar-refractivity contribution in [3.63, 3.8) is 0 Å². The SMILES string of the molecule is CC(=O)[C@@H]1[C@H](c2ccccc2)NC(=S)N[C@]1(O)C(F)(F)F. The van der Waals surface area contributed by atoms with E-state index in [2.05, 4.69) is 5.32 Å². The Labute approximate surface area is 124 Å². The molecule has 0 aromatic heterocycles. The number of nitrogens with one attached hydrogen (secondary N) is 2. The number of hydrogen-bond donors (Lipinski definition) is 3. The number of benzene rings is 1. The molecule has 1 aliphatic heterocycles. The maximum atomic E-state index is 13.2. The molecule has 1 aliphatic rings. The lowest BCUT2D eigenvalue weighted by atomic mass is 9.80. The first kappa shape index (κ1) is 15.7. The molecule has 0 amide bonds. The summed E-state index contributed by atoms with van der Waals surface area (Å²) in [5.41, 5.74) is -2.97. The van der Waals surface area contributed by atoms with E-state index in [9.17, 15) is 23.1 Å². The van der Waals surface area contributed by atoms with Crippen molar-refractivity contribution in [3.05, 3.63) is 35.9 Å². The average Bonchev–Trinajstić information content (AvgIpc) is 2.37. The van der Waals surface area contributed by atoms with Gasteiger partial charge in [0.15, 0.2) is 5.11 Å². The van der Waals surface area contributed by atoms with Crippen LogP contribution in [-0.2, 0) is 4.79 Å². The number of aliphatic hydroxyl groups is 1. The van der Waals surface area contributed by atoms with E-state index in [4.69, 9.17) is 12.2 Å². The molecule has 1 aromatic rings. The number of carbonyl (C=O) groups is 1. The number of carbonyl (C=O) groups excluding carboxylic acids is 1. The Morgan fingerprint density at radius 1 is 1.33 bits per heavy atom. The highest BCUT2D eigenvalue weighted by Gasteiger charge is 2.64. The molecule has 8 heteroatoms. The molecule has 0 spiro atoms. The molecule has 114 valence electrons. The summed E-state index contributed by atoms with van der Waals surface area (Å²) >= 11 is 4.75. The van der Waals surface area contributed by atoms with Crippen molar-refractivity contribution in [1.29, 1.82) is 0 Å². The highest BCUT2D eigenvalue weighted by molar-refractivity contribution is 7.80. The smallest absolute Gasteiger partial charge is 0.363 e. The van der Waals surface area contributed by atoms with Gasteiger partial charge in [-0.2, -0.15) is 13.2 Å². The third kappa shape index (κ3) is 2.73. The molecule has 0 unspecified atom stereocenters. The van der Waals surface area contributed by atoms with Gasteiger partial charge in [0.1, 0.15) is 5.78 Å². The van der Waals surface area contributed by atoms with Crippen LogP contribution >= 0.6 is 12.2 Å². The first-order valence-electron chi connectivity index (χ1n) is 6.10.